The Morgan fingerprint density at radius 1 is 1.11 bits per heavy atom. The summed E-state index contributed by atoms with van der Waals surface area (Å²) in [4.78, 5) is 0. The summed E-state index contributed by atoms with van der Waals surface area (Å²) < 4.78 is 5.38. The van der Waals surface area contributed by atoms with Gasteiger partial charge in [-0.3, -0.25) is 0 Å². The molecule has 1 atom stereocenters. The van der Waals surface area contributed by atoms with Crippen molar-refractivity contribution in [3.63, 3.8) is 0 Å². The number of hydrogen-bond acceptors (Lipinski definition) is 3. The third kappa shape index (κ3) is 3.26. The van der Waals surface area contributed by atoms with E-state index in [1.54, 1.807) is 7.11 Å². The van der Waals surface area contributed by atoms with Gasteiger partial charge < -0.3 is 15.8 Å². The molecule has 3 N–H and O–H groups in total. The van der Waals surface area contributed by atoms with E-state index in [9.17, 15) is 0 Å². The van der Waals surface area contributed by atoms with Crippen molar-refractivity contribution in [1.29, 1.82) is 0 Å². The van der Waals surface area contributed by atoms with Gasteiger partial charge >= 0.3 is 0 Å². The summed E-state index contributed by atoms with van der Waals surface area (Å²) in [7, 11) is 1.70. The van der Waals surface area contributed by atoms with Crippen LogP contribution in [0.4, 0.5) is 5.69 Å². The summed E-state index contributed by atoms with van der Waals surface area (Å²) in [6, 6.07) is 16.2. The van der Waals surface area contributed by atoms with Crippen molar-refractivity contribution in [1.82, 2.24) is 5.32 Å². The van der Waals surface area contributed by atoms with E-state index in [0.717, 1.165) is 29.1 Å². The fourth-order valence-corrected chi connectivity index (χ4v) is 2.09. The molecule has 2 aromatic carbocycles. The molecule has 0 fully saturated rings. The molecule has 0 aliphatic heterocycles. The molecule has 3 heteroatoms. The largest absolute Gasteiger partial charge is 0.496 e. The van der Waals surface area contributed by atoms with Crippen LogP contribution >= 0.6 is 0 Å². The van der Waals surface area contributed by atoms with Gasteiger partial charge in [0.25, 0.3) is 0 Å². The average Bonchev–Trinajstić information content (AvgIpc) is 2.46. The van der Waals surface area contributed by atoms with Crippen LogP contribution in [0.1, 0.15) is 24.1 Å². The van der Waals surface area contributed by atoms with E-state index in [0.29, 0.717) is 0 Å². The van der Waals surface area contributed by atoms with Crippen LogP contribution in [0.25, 0.3) is 0 Å². The van der Waals surface area contributed by atoms with E-state index in [2.05, 4.69) is 18.3 Å². The molecule has 100 valence electrons. The van der Waals surface area contributed by atoms with Crippen LogP contribution in [0.5, 0.6) is 5.75 Å². The van der Waals surface area contributed by atoms with E-state index in [-0.39, 0.29) is 6.04 Å². The lowest BCUT2D eigenvalue weighted by Gasteiger charge is -2.17. The lowest BCUT2D eigenvalue weighted by Crippen LogP contribution is -2.19. The van der Waals surface area contributed by atoms with Crippen molar-refractivity contribution in [3.8, 4) is 5.75 Å². The summed E-state index contributed by atoms with van der Waals surface area (Å²) in [5, 5.41) is 3.47. The highest BCUT2D eigenvalue weighted by atomic mass is 16.5. The number of benzene rings is 2. The van der Waals surface area contributed by atoms with E-state index in [1.165, 1.54) is 0 Å². The second-order valence-electron chi connectivity index (χ2n) is 4.54. The third-order valence-corrected chi connectivity index (χ3v) is 3.26. The maximum atomic E-state index is 5.94. The number of hydrogen-bond donors (Lipinski definition) is 2. The molecule has 19 heavy (non-hydrogen) atoms. The third-order valence-electron chi connectivity index (χ3n) is 3.26. The molecule has 0 saturated carbocycles. The highest BCUT2D eigenvalue weighted by molar-refractivity contribution is 5.46. The summed E-state index contributed by atoms with van der Waals surface area (Å²) in [5.41, 5.74) is 9.03. The molecule has 0 aliphatic carbocycles. The van der Waals surface area contributed by atoms with E-state index in [4.69, 9.17) is 10.5 Å². The van der Waals surface area contributed by atoms with Crippen molar-refractivity contribution < 1.29 is 4.74 Å². The predicted molar refractivity (Wildman–Crippen MR) is 79.1 cm³/mol. The minimum absolute atomic E-state index is 0.204. The van der Waals surface area contributed by atoms with Gasteiger partial charge in [0, 0.05) is 23.8 Å². The second-order valence-corrected chi connectivity index (χ2v) is 4.54. The molecule has 0 radical (unpaired) electrons. The Kier molecular flexibility index (Phi) is 4.42. The van der Waals surface area contributed by atoms with Crippen molar-refractivity contribution >= 4 is 5.69 Å². The zero-order chi connectivity index (χ0) is 13.7. The molecule has 0 bridgehead atoms. The van der Waals surface area contributed by atoms with Gasteiger partial charge in [-0.2, -0.15) is 0 Å². The second kappa shape index (κ2) is 6.25. The van der Waals surface area contributed by atoms with Crippen molar-refractivity contribution in [2.45, 2.75) is 19.5 Å². The standard InChI is InChI=1S/C16H20N2O/c1-12(14-8-4-6-10-16(14)19-2)18-11-13-7-3-5-9-15(13)17/h3-10,12,18H,11,17H2,1-2H3/t12-/m0/s1. The molecular weight excluding hydrogens is 236 g/mol. The number of nitrogens with two attached hydrogens (primary N) is 1. The summed E-state index contributed by atoms with van der Waals surface area (Å²) >= 11 is 0. The fraction of sp³-hybridized carbons (Fsp3) is 0.250. The topological polar surface area (TPSA) is 47.3 Å². The Morgan fingerprint density at radius 2 is 1.79 bits per heavy atom. The number of para-hydroxylation sites is 2. The van der Waals surface area contributed by atoms with Gasteiger partial charge in [0.05, 0.1) is 7.11 Å². The lowest BCUT2D eigenvalue weighted by atomic mass is 10.1. The zero-order valence-electron chi connectivity index (χ0n) is 11.4. The first-order chi connectivity index (χ1) is 9.22. The van der Waals surface area contributed by atoms with Gasteiger partial charge in [0.2, 0.25) is 0 Å². The Hall–Kier alpha value is -2.00. The summed E-state index contributed by atoms with van der Waals surface area (Å²) in [6.07, 6.45) is 0. The van der Waals surface area contributed by atoms with Crippen LogP contribution in [-0.2, 0) is 6.54 Å². The van der Waals surface area contributed by atoms with Crippen molar-refractivity contribution in [2.75, 3.05) is 12.8 Å². The molecule has 0 heterocycles. The Bertz CT molecular complexity index is 540. The molecule has 3 nitrogen and oxygen atoms in total. The average molecular weight is 256 g/mol. The normalized spacial score (nSPS) is 12.1. The summed E-state index contributed by atoms with van der Waals surface area (Å²) in [5.74, 6) is 0.906. The monoisotopic (exact) mass is 256 g/mol. The highest BCUT2D eigenvalue weighted by Gasteiger charge is 2.10. The van der Waals surface area contributed by atoms with Gasteiger partial charge in [-0.15, -0.1) is 0 Å². The quantitative estimate of drug-likeness (QED) is 0.808. The van der Waals surface area contributed by atoms with Crippen LogP contribution in [0.3, 0.4) is 0 Å². The Balaban J connectivity index is 2.05. The van der Waals surface area contributed by atoms with Crippen LogP contribution in [0, 0.1) is 0 Å². The fourth-order valence-electron chi connectivity index (χ4n) is 2.09. The van der Waals surface area contributed by atoms with Gasteiger partial charge in [0.1, 0.15) is 5.75 Å². The Morgan fingerprint density at radius 3 is 2.53 bits per heavy atom. The first kappa shape index (κ1) is 13.4. The molecule has 0 aromatic heterocycles. The minimum atomic E-state index is 0.204. The predicted octanol–water partition coefficient (Wildman–Crippen LogP) is 3.13. The van der Waals surface area contributed by atoms with Crippen LogP contribution in [0.2, 0.25) is 0 Å². The van der Waals surface area contributed by atoms with E-state index in [1.807, 2.05) is 42.5 Å². The number of nitrogen functional groups attached to an aromatic ring is 1. The number of methoxy groups -OCH3 is 1. The van der Waals surface area contributed by atoms with Gasteiger partial charge in [-0.1, -0.05) is 36.4 Å². The van der Waals surface area contributed by atoms with Crippen molar-refractivity contribution in [2.24, 2.45) is 0 Å². The molecule has 0 unspecified atom stereocenters. The lowest BCUT2D eigenvalue weighted by molar-refractivity contribution is 0.401. The number of rotatable bonds is 5. The maximum absolute atomic E-state index is 5.94. The first-order valence-corrected chi connectivity index (χ1v) is 6.42. The molecule has 2 rings (SSSR count). The van der Waals surface area contributed by atoms with Crippen LogP contribution < -0.4 is 15.8 Å². The van der Waals surface area contributed by atoms with Crippen LogP contribution in [-0.4, -0.2) is 7.11 Å². The first-order valence-electron chi connectivity index (χ1n) is 6.42. The molecular formula is C16H20N2O. The van der Waals surface area contributed by atoms with Crippen molar-refractivity contribution in [3.05, 3.63) is 59.7 Å². The molecule has 0 aliphatic rings. The van der Waals surface area contributed by atoms with Gasteiger partial charge in [0.15, 0.2) is 0 Å². The number of anilines is 1. The van der Waals surface area contributed by atoms with Gasteiger partial charge in [-0.25, -0.2) is 0 Å². The molecule has 0 spiro atoms. The maximum Gasteiger partial charge on any atom is 0.123 e. The van der Waals surface area contributed by atoms with E-state index < -0.39 is 0 Å². The minimum Gasteiger partial charge on any atom is -0.496 e. The summed E-state index contributed by atoms with van der Waals surface area (Å²) in [6.45, 7) is 2.86. The molecule has 0 amide bonds. The highest BCUT2D eigenvalue weighted by Crippen LogP contribution is 2.24. The molecule has 0 saturated heterocycles. The number of nitrogens with one attached hydrogen (secondary N) is 1. The SMILES string of the molecule is COc1ccccc1[C@H](C)NCc1ccccc1N. The van der Waals surface area contributed by atoms with Crippen LogP contribution in [0.15, 0.2) is 48.5 Å². The Labute approximate surface area is 114 Å². The number of ether oxygens (including phenoxy) is 1. The smallest absolute Gasteiger partial charge is 0.123 e. The van der Waals surface area contributed by atoms with Gasteiger partial charge in [-0.05, 0) is 24.6 Å². The zero-order valence-corrected chi connectivity index (χ0v) is 11.4. The van der Waals surface area contributed by atoms with E-state index >= 15 is 0 Å². The molecule has 2 aromatic rings.